The molecular weight excluding hydrogens is 453 g/mol. The van der Waals surface area contributed by atoms with Crippen LogP contribution in [0.2, 0.25) is 0 Å². The summed E-state index contributed by atoms with van der Waals surface area (Å²) in [5.41, 5.74) is 0.481. The number of halogens is 3. The molecule has 9 heteroatoms. The van der Waals surface area contributed by atoms with Gasteiger partial charge in [0.1, 0.15) is 17.3 Å². The molecule has 0 aliphatic heterocycles. The highest BCUT2D eigenvalue weighted by Crippen LogP contribution is 2.37. The molecule has 0 saturated heterocycles. The summed E-state index contributed by atoms with van der Waals surface area (Å²) in [6, 6.07) is 19.1. The Hall–Kier alpha value is -3.59. The summed E-state index contributed by atoms with van der Waals surface area (Å²) in [5.74, 6) is -0.146. The predicted molar refractivity (Wildman–Crippen MR) is 115 cm³/mol. The molecule has 0 saturated carbocycles. The Morgan fingerprint density at radius 2 is 1.61 bits per heavy atom. The van der Waals surface area contributed by atoms with E-state index in [0.29, 0.717) is 12.6 Å². The Morgan fingerprint density at radius 1 is 0.879 bits per heavy atom. The van der Waals surface area contributed by atoms with Crippen molar-refractivity contribution in [3.05, 3.63) is 108 Å². The SMILES string of the molecule is O=S(=O)(c1ccc(Cn2cccn2)cc1)c1cc(C(F)(F)F)ccc1OCc1ccccc1. The van der Waals surface area contributed by atoms with Gasteiger partial charge in [0.25, 0.3) is 0 Å². The third kappa shape index (κ3) is 5.25. The van der Waals surface area contributed by atoms with E-state index in [1.807, 2.05) is 6.07 Å². The third-order valence-corrected chi connectivity index (χ3v) is 6.73. The number of ether oxygens (including phenoxy) is 1. The number of hydrogen-bond acceptors (Lipinski definition) is 4. The van der Waals surface area contributed by atoms with E-state index in [-0.39, 0.29) is 17.3 Å². The minimum Gasteiger partial charge on any atom is -0.488 e. The molecular formula is C24H19F3N2O3S. The molecule has 0 aliphatic rings. The minimum atomic E-state index is -4.70. The smallest absolute Gasteiger partial charge is 0.416 e. The van der Waals surface area contributed by atoms with Crippen LogP contribution in [-0.4, -0.2) is 18.2 Å². The minimum absolute atomic E-state index is 0.0114. The summed E-state index contributed by atoms with van der Waals surface area (Å²) in [5, 5.41) is 4.10. The molecule has 0 spiro atoms. The van der Waals surface area contributed by atoms with E-state index in [4.69, 9.17) is 4.74 Å². The largest absolute Gasteiger partial charge is 0.488 e. The molecule has 0 radical (unpaired) electrons. The second-order valence-electron chi connectivity index (χ2n) is 7.28. The Kier molecular flexibility index (Phi) is 6.24. The summed E-state index contributed by atoms with van der Waals surface area (Å²) in [6.07, 6.45) is -1.30. The maximum atomic E-state index is 13.3. The van der Waals surface area contributed by atoms with E-state index >= 15 is 0 Å². The van der Waals surface area contributed by atoms with Gasteiger partial charge >= 0.3 is 6.18 Å². The van der Waals surface area contributed by atoms with Crippen LogP contribution in [0.5, 0.6) is 5.75 Å². The number of nitrogens with zero attached hydrogens (tertiary/aromatic N) is 2. The average Bonchev–Trinajstić information content (AvgIpc) is 3.31. The second-order valence-corrected chi connectivity index (χ2v) is 9.20. The van der Waals surface area contributed by atoms with Crippen molar-refractivity contribution in [2.24, 2.45) is 0 Å². The first-order valence-electron chi connectivity index (χ1n) is 9.93. The zero-order valence-electron chi connectivity index (χ0n) is 17.2. The van der Waals surface area contributed by atoms with Crippen molar-refractivity contribution in [1.82, 2.24) is 9.78 Å². The standard InChI is InChI=1S/C24H19F3N2O3S/c25-24(26,27)20-9-12-22(32-17-19-5-2-1-3-6-19)23(15-20)33(30,31)21-10-7-18(8-11-21)16-29-14-4-13-28-29/h1-15H,16-17H2. The lowest BCUT2D eigenvalue weighted by Crippen LogP contribution is -2.11. The molecule has 1 heterocycles. The molecule has 0 unspecified atom stereocenters. The maximum absolute atomic E-state index is 13.3. The van der Waals surface area contributed by atoms with Crippen molar-refractivity contribution in [2.75, 3.05) is 0 Å². The Bertz CT molecular complexity index is 1320. The molecule has 0 N–H and O–H groups in total. The zero-order chi connectivity index (χ0) is 23.5. The number of benzene rings is 3. The monoisotopic (exact) mass is 472 g/mol. The van der Waals surface area contributed by atoms with Gasteiger partial charge in [-0.3, -0.25) is 4.68 Å². The van der Waals surface area contributed by atoms with Crippen molar-refractivity contribution in [3.63, 3.8) is 0 Å². The van der Waals surface area contributed by atoms with Crippen LogP contribution in [0.1, 0.15) is 16.7 Å². The molecule has 0 amide bonds. The van der Waals surface area contributed by atoms with Crippen molar-refractivity contribution in [3.8, 4) is 5.75 Å². The van der Waals surface area contributed by atoms with Crippen LogP contribution in [0.25, 0.3) is 0 Å². The van der Waals surface area contributed by atoms with Gasteiger partial charge in [-0.2, -0.15) is 18.3 Å². The fraction of sp³-hybridized carbons (Fsp3) is 0.125. The van der Waals surface area contributed by atoms with Crippen molar-refractivity contribution in [1.29, 1.82) is 0 Å². The van der Waals surface area contributed by atoms with E-state index < -0.39 is 26.5 Å². The number of sulfone groups is 1. The van der Waals surface area contributed by atoms with Crippen molar-refractivity contribution >= 4 is 9.84 Å². The normalized spacial score (nSPS) is 12.0. The maximum Gasteiger partial charge on any atom is 0.416 e. The van der Waals surface area contributed by atoms with Gasteiger partial charge in [0.15, 0.2) is 0 Å². The summed E-state index contributed by atoms with van der Waals surface area (Å²) >= 11 is 0. The van der Waals surface area contributed by atoms with Gasteiger partial charge in [-0.15, -0.1) is 0 Å². The number of aromatic nitrogens is 2. The van der Waals surface area contributed by atoms with E-state index in [0.717, 1.165) is 23.3 Å². The lowest BCUT2D eigenvalue weighted by molar-refractivity contribution is -0.137. The summed E-state index contributed by atoms with van der Waals surface area (Å²) in [7, 11) is -4.28. The van der Waals surface area contributed by atoms with Gasteiger partial charge in [0.2, 0.25) is 9.84 Å². The predicted octanol–water partition coefficient (Wildman–Crippen LogP) is 5.36. The fourth-order valence-corrected chi connectivity index (χ4v) is 4.65. The van der Waals surface area contributed by atoms with Crippen molar-refractivity contribution in [2.45, 2.75) is 29.1 Å². The molecule has 0 atom stereocenters. The lowest BCUT2D eigenvalue weighted by Gasteiger charge is -2.15. The molecule has 4 aromatic rings. The quantitative estimate of drug-likeness (QED) is 0.363. The number of rotatable bonds is 7. The molecule has 1 aromatic heterocycles. The zero-order valence-corrected chi connectivity index (χ0v) is 18.1. The summed E-state index contributed by atoms with van der Waals surface area (Å²) in [6.45, 7) is 0.444. The first-order chi connectivity index (χ1) is 15.7. The van der Waals surface area contributed by atoms with Gasteiger partial charge in [-0.05, 0) is 47.5 Å². The van der Waals surface area contributed by atoms with Gasteiger partial charge in [-0.25, -0.2) is 8.42 Å². The lowest BCUT2D eigenvalue weighted by atomic mass is 10.2. The Balaban J connectivity index is 1.68. The van der Waals surface area contributed by atoms with E-state index in [1.165, 1.54) is 12.1 Å². The van der Waals surface area contributed by atoms with Crippen LogP contribution < -0.4 is 4.74 Å². The summed E-state index contributed by atoms with van der Waals surface area (Å²) < 4.78 is 73.9. The fourth-order valence-electron chi connectivity index (χ4n) is 3.23. The van der Waals surface area contributed by atoms with Gasteiger partial charge in [-0.1, -0.05) is 42.5 Å². The molecule has 5 nitrogen and oxygen atoms in total. The summed E-state index contributed by atoms with van der Waals surface area (Å²) in [4.78, 5) is -0.663. The van der Waals surface area contributed by atoms with Gasteiger partial charge in [0.05, 0.1) is 17.0 Å². The highest BCUT2D eigenvalue weighted by molar-refractivity contribution is 7.91. The molecule has 3 aromatic carbocycles. The van der Waals surface area contributed by atoms with E-state index in [2.05, 4.69) is 5.10 Å². The number of hydrogen-bond donors (Lipinski definition) is 0. The van der Waals surface area contributed by atoms with Gasteiger partial charge < -0.3 is 4.74 Å². The van der Waals surface area contributed by atoms with Crippen LogP contribution in [0.3, 0.4) is 0 Å². The first kappa shape index (κ1) is 22.6. The third-order valence-electron chi connectivity index (χ3n) is 4.94. The highest BCUT2D eigenvalue weighted by Gasteiger charge is 2.33. The molecule has 33 heavy (non-hydrogen) atoms. The van der Waals surface area contributed by atoms with Crippen molar-refractivity contribution < 1.29 is 26.3 Å². The molecule has 170 valence electrons. The molecule has 0 bridgehead atoms. The van der Waals surface area contributed by atoms with Crippen LogP contribution in [-0.2, 0) is 29.2 Å². The highest BCUT2D eigenvalue weighted by atomic mass is 32.2. The number of alkyl halides is 3. The molecule has 4 rings (SSSR count). The van der Waals surface area contributed by atoms with E-state index in [1.54, 1.807) is 59.5 Å². The topological polar surface area (TPSA) is 61.2 Å². The van der Waals surface area contributed by atoms with Crippen LogP contribution in [0, 0.1) is 0 Å². The van der Waals surface area contributed by atoms with Crippen LogP contribution in [0.4, 0.5) is 13.2 Å². The Labute approximate surface area is 189 Å². The average molecular weight is 472 g/mol. The van der Waals surface area contributed by atoms with E-state index in [9.17, 15) is 21.6 Å². The van der Waals surface area contributed by atoms with Gasteiger partial charge in [0, 0.05) is 12.4 Å². The van der Waals surface area contributed by atoms with Crippen LogP contribution in [0.15, 0.2) is 101 Å². The molecule has 0 aliphatic carbocycles. The van der Waals surface area contributed by atoms with Crippen LogP contribution >= 0.6 is 0 Å². The molecule has 0 fully saturated rings. The Morgan fingerprint density at radius 3 is 2.24 bits per heavy atom. The first-order valence-corrected chi connectivity index (χ1v) is 11.4. The second kappa shape index (κ2) is 9.11.